The van der Waals surface area contributed by atoms with Gasteiger partial charge < -0.3 is 20.3 Å². The van der Waals surface area contributed by atoms with Gasteiger partial charge in [0.25, 0.3) is 0 Å². The van der Waals surface area contributed by atoms with Crippen molar-refractivity contribution < 1.29 is 5.11 Å². The van der Waals surface area contributed by atoms with E-state index in [9.17, 15) is 5.11 Å². The second-order valence-electron chi connectivity index (χ2n) is 14.0. The maximum absolute atomic E-state index is 13.1. The number of piperidine rings is 1. The molecule has 0 radical (unpaired) electrons. The van der Waals surface area contributed by atoms with Crippen LogP contribution in [0.25, 0.3) is 10.9 Å². The Hall–Kier alpha value is -2.18. The number of benzene rings is 1. The summed E-state index contributed by atoms with van der Waals surface area (Å²) in [7, 11) is 0. The highest BCUT2D eigenvalue weighted by atomic mass is 16.3. The largest absolute Gasteiger partial charge is 0.384 e. The molecule has 1 aliphatic carbocycles. The van der Waals surface area contributed by atoms with Crippen LogP contribution < -0.4 is 5.32 Å². The monoisotopic (exact) mass is 552 g/mol. The number of para-hydroxylation sites is 1. The highest BCUT2D eigenvalue weighted by Gasteiger charge is 2.66. The van der Waals surface area contributed by atoms with Crippen molar-refractivity contribution in [1.29, 1.82) is 0 Å². The predicted octanol–water partition coefficient (Wildman–Crippen LogP) is 6.04. The van der Waals surface area contributed by atoms with E-state index in [1.165, 1.54) is 92.2 Å². The molecule has 6 heterocycles. The van der Waals surface area contributed by atoms with Crippen molar-refractivity contribution in [2.24, 2.45) is 11.3 Å². The Morgan fingerprint density at radius 2 is 1.78 bits per heavy atom. The number of hydrogen-bond acceptors (Lipinski definition) is 4. The van der Waals surface area contributed by atoms with E-state index in [-0.39, 0.29) is 17.5 Å². The van der Waals surface area contributed by atoms with Crippen LogP contribution >= 0.6 is 0 Å². The van der Waals surface area contributed by atoms with E-state index in [0.717, 1.165) is 38.9 Å². The Morgan fingerprint density at radius 1 is 0.927 bits per heavy atom. The highest BCUT2D eigenvalue weighted by Crippen LogP contribution is 2.61. The Kier molecular flexibility index (Phi) is 6.78. The summed E-state index contributed by atoms with van der Waals surface area (Å²) < 4.78 is 0. The Labute approximate surface area is 245 Å². The first-order valence-corrected chi connectivity index (χ1v) is 16.7. The molecule has 218 valence electrons. The van der Waals surface area contributed by atoms with Gasteiger partial charge in [0.15, 0.2) is 0 Å². The molecule has 3 N–H and O–H groups in total. The summed E-state index contributed by atoms with van der Waals surface area (Å²) in [4.78, 5) is 9.45. The van der Waals surface area contributed by atoms with E-state index in [0.29, 0.717) is 12.0 Å². The number of aromatic amines is 1. The Bertz CT molecular complexity index is 1370. The minimum Gasteiger partial charge on any atom is -0.384 e. The predicted molar refractivity (Wildman–Crippen MR) is 167 cm³/mol. The summed E-state index contributed by atoms with van der Waals surface area (Å²) in [6, 6.07) is 9.61. The van der Waals surface area contributed by atoms with Crippen LogP contribution in [0.5, 0.6) is 0 Å². The third-order valence-electron chi connectivity index (χ3n) is 11.7. The van der Waals surface area contributed by atoms with Gasteiger partial charge in [-0.25, -0.2) is 0 Å². The number of H-pyrrole nitrogens is 1. The number of nitrogens with zero attached hydrogens (tertiary/aromatic N) is 2. The van der Waals surface area contributed by atoms with Crippen LogP contribution in [-0.4, -0.2) is 70.3 Å². The van der Waals surface area contributed by atoms with Crippen molar-refractivity contribution in [2.75, 3.05) is 32.7 Å². The summed E-state index contributed by atoms with van der Waals surface area (Å²) in [5, 5.41) is 18.5. The average Bonchev–Trinajstić information content (AvgIpc) is 3.49. The SMILES string of the molecule is O[C@]12C=C([C@@H]3NCCc4c3[nH]c3ccccc43)[C@H]3CCN(CCCC/C=C\CC1)C[C@@]31C[C@@H]3/C=C\CCCCN3[C@H]12. The number of rotatable bonds is 1. The fourth-order valence-corrected chi connectivity index (χ4v) is 10.2. The first kappa shape index (κ1) is 26.4. The maximum atomic E-state index is 13.1. The molecule has 1 aromatic carbocycles. The Morgan fingerprint density at radius 3 is 2.73 bits per heavy atom. The van der Waals surface area contributed by atoms with Gasteiger partial charge in [0.1, 0.15) is 0 Å². The van der Waals surface area contributed by atoms with Gasteiger partial charge in [-0.2, -0.15) is 0 Å². The van der Waals surface area contributed by atoms with Crippen molar-refractivity contribution in [3.8, 4) is 0 Å². The third-order valence-corrected chi connectivity index (χ3v) is 11.7. The number of aliphatic hydroxyl groups is 1. The number of allylic oxidation sites excluding steroid dienone is 3. The molecule has 0 saturated carbocycles. The molecule has 5 aliphatic heterocycles. The van der Waals surface area contributed by atoms with Crippen molar-refractivity contribution in [2.45, 2.75) is 94.4 Å². The first-order chi connectivity index (χ1) is 20.2. The molecule has 2 fully saturated rings. The lowest BCUT2D eigenvalue weighted by molar-refractivity contribution is -0.0984. The molecule has 41 heavy (non-hydrogen) atoms. The molecule has 2 saturated heterocycles. The molecule has 1 spiro atoms. The fourth-order valence-electron chi connectivity index (χ4n) is 10.2. The van der Waals surface area contributed by atoms with Gasteiger partial charge in [0.2, 0.25) is 0 Å². The minimum atomic E-state index is -0.833. The average molecular weight is 553 g/mol. The normalized spacial score (nSPS) is 41.0. The molecular formula is C36H48N4O. The molecule has 7 atom stereocenters. The molecule has 1 aromatic heterocycles. The number of hydrogen-bond donors (Lipinski definition) is 3. The van der Waals surface area contributed by atoms with Gasteiger partial charge in [-0.05, 0) is 113 Å². The minimum absolute atomic E-state index is 0.0690. The van der Waals surface area contributed by atoms with E-state index in [4.69, 9.17) is 0 Å². The van der Waals surface area contributed by atoms with Gasteiger partial charge in [-0.1, -0.05) is 48.6 Å². The summed E-state index contributed by atoms with van der Waals surface area (Å²) in [5.74, 6) is 0.487. The van der Waals surface area contributed by atoms with E-state index in [1.54, 1.807) is 0 Å². The topological polar surface area (TPSA) is 54.5 Å². The van der Waals surface area contributed by atoms with Gasteiger partial charge in [0, 0.05) is 41.1 Å². The quantitative estimate of drug-likeness (QED) is 0.378. The maximum Gasteiger partial charge on any atom is 0.0994 e. The zero-order valence-electron chi connectivity index (χ0n) is 24.7. The summed E-state index contributed by atoms with van der Waals surface area (Å²) in [5.41, 5.74) is 4.80. The zero-order chi connectivity index (χ0) is 27.4. The van der Waals surface area contributed by atoms with Crippen molar-refractivity contribution >= 4 is 10.9 Å². The summed E-state index contributed by atoms with van der Waals surface area (Å²) >= 11 is 0. The molecule has 1 unspecified atom stereocenters. The lowest BCUT2D eigenvalue weighted by atomic mass is 9.54. The van der Waals surface area contributed by atoms with Gasteiger partial charge in [-0.15, -0.1) is 0 Å². The van der Waals surface area contributed by atoms with Crippen LogP contribution in [0.15, 0.2) is 60.2 Å². The van der Waals surface area contributed by atoms with Crippen molar-refractivity contribution in [1.82, 2.24) is 20.1 Å². The van der Waals surface area contributed by atoms with Crippen LogP contribution in [0.1, 0.15) is 81.5 Å². The number of aromatic nitrogens is 1. The van der Waals surface area contributed by atoms with Gasteiger partial charge in [0.05, 0.1) is 17.7 Å². The summed E-state index contributed by atoms with van der Waals surface area (Å²) in [6.07, 6.45) is 24.8. The van der Waals surface area contributed by atoms with Crippen LogP contribution in [0.4, 0.5) is 0 Å². The molecule has 5 nitrogen and oxygen atoms in total. The van der Waals surface area contributed by atoms with Crippen molar-refractivity contribution in [3.63, 3.8) is 0 Å². The van der Waals surface area contributed by atoms with Crippen LogP contribution in [-0.2, 0) is 6.42 Å². The first-order valence-electron chi connectivity index (χ1n) is 16.7. The second kappa shape index (κ2) is 10.5. The molecule has 5 heteroatoms. The zero-order valence-corrected chi connectivity index (χ0v) is 24.7. The van der Waals surface area contributed by atoms with E-state index < -0.39 is 5.60 Å². The van der Waals surface area contributed by atoms with Crippen LogP contribution in [0.3, 0.4) is 0 Å². The number of nitrogens with one attached hydrogen (secondary N) is 2. The second-order valence-corrected chi connectivity index (χ2v) is 14.0. The third kappa shape index (κ3) is 4.33. The molecule has 0 amide bonds. The molecule has 2 aromatic rings. The van der Waals surface area contributed by atoms with E-state index in [2.05, 4.69) is 74.7 Å². The van der Waals surface area contributed by atoms with E-state index >= 15 is 0 Å². The highest BCUT2D eigenvalue weighted by molar-refractivity contribution is 5.85. The van der Waals surface area contributed by atoms with Crippen LogP contribution in [0, 0.1) is 11.3 Å². The van der Waals surface area contributed by atoms with Gasteiger partial charge >= 0.3 is 0 Å². The van der Waals surface area contributed by atoms with E-state index in [1.807, 2.05) is 0 Å². The lowest BCUT2D eigenvalue weighted by Gasteiger charge is -2.59. The van der Waals surface area contributed by atoms with Crippen molar-refractivity contribution in [3.05, 3.63) is 71.5 Å². The molecule has 6 aliphatic rings. The molecule has 3 bridgehead atoms. The summed E-state index contributed by atoms with van der Waals surface area (Å²) in [6.45, 7) is 5.61. The number of fused-ring (bicyclic) bond motifs is 5. The smallest absolute Gasteiger partial charge is 0.0994 e. The fraction of sp³-hybridized carbons (Fsp3) is 0.611. The Balaban J connectivity index is 1.30. The standard InChI is InChI=1S/C36H48N4O/c41-36-18-10-4-1-2-5-11-20-39-22-17-30(35(25-39)23-26-13-7-3-6-12-21-40(26)34(35)36)29(24-36)32-33-28(16-19-37-32)27-14-8-9-15-31(27)38-33/h1,4,7-9,13-15,24,26,30,32,34,37-38,41H,2-3,5-6,10-12,16-23,25H2/b4-1-,13-7-/t26-,30+,32-,34+,35-,36-/m0/s1. The van der Waals surface area contributed by atoms with Gasteiger partial charge in [-0.3, -0.25) is 4.90 Å². The van der Waals surface area contributed by atoms with Crippen LogP contribution in [0.2, 0.25) is 0 Å². The lowest BCUT2D eigenvalue weighted by Crippen LogP contribution is -2.66. The molecule has 8 rings (SSSR count). The molecular weight excluding hydrogens is 504 g/mol.